The van der Waals surface area contributed by atoms with Crippen molar-refractivity contribution in [2.24, 2.45) is 10.2 Å². The zero-order valence-electron chi connectivity index (χ0n) is 27.3. The quantitative estimate of drug-likeness (QED) is 0.0720. The van der Waals surface area contributed by atoms with Crippen LogP contribution >= 0.6 is 15.9 Å². The fraction of sp³-hybridized carbons (Fsp3) is 0.731. The number of hydrogen-bond acceptors (Lipinski definition) is 18. The summed E-state index contributed by atoms with van der Waals surface area (Å²) in [7, 11) is 0. The topological polar surface area (TPSA) is 300 Å². The van der Waals surface area contributed by atoms with Crippen molar-refractivity contribution in [3.63, 3.8) is 0 Å². The maximum absolute atomic E-state index is 11.5. The number of esters is 7. The van der Waals surface area contributed by atoms with Crippen LogP contribution < -0.4 is 0 Å². The molecule has 0 aromatic heterocycles. The Morgan fingerprint density at radius 3 is 1.18 bits per heavy atom. The summed E-state index contributed by atoms with van der Waals surface area (Å²) in [5.74, 6) is -4.99. The molecule has 0 saturated carbocycles. The number of rotatable bonds is 11. The van der Waals surface area contributed by atoms with E-state index in [0.717, 1.165) is 41.5 Å². The summed E-state index contributed by atoms with van der Waals surface area (Å²) in [4.78, 5) is 84.8. The van der Waals surface area contributed by atoms with E-state index in [1.165, 1.54) is 6.92 Å². The van der Waals surface area contributed by atoms with Gasteiger partial charge in [-0.05, 0) is 11.1 Å². The van der Waals surface area contributed by atoms with Crippen molar-refractivity contribution in [2.45, 2.75) is 109 Å². The number of halogens is 1. The summed E-state index contributed by atoms with van der Waals surface area (Å²) >= 11 is 3.17. The average molecular weight is 767 g/mol. The zero-order valence-corrected chi connectivity index (χ0v) is 28.9. The number of nitrogens with zero attached hydrogens (tertiary/aromatic N) is 6. The highest BCUT2D eigenvalue weighted by atomic mass is 79.9. The molecule has 2 rings (SSSR count). The van der Waals surface area contributed by atoms with Crippen LogP contribution in [0.2, 0.25) is 0 Å². The molecule has 10 atom stereocenters. The van der Waals surface area contributed by atoms with Gasteiger partial charge in [-0.25, -0.2) is 0 Å². The Hall–Kier alpha value is -4.69. The lowest BCUT2D eigenvalue weighted by molar-refractivity contribution is -0.293. The Kier molecular flexibility index (Phi) is 17.8. The third-order valence-electron chi connectivity index (χ3n) is 5.91. The zero-order chi connectivity index (χ0) is 37.4. The summed E-state index contributed by atoms with van der Waals surface area (Å²) in [5.41, 5.74) is 17.0. The Balaban J connectivity index is 0.000000494. The molecule has 49 heavy (non-hydrogen) atoms. The van der Waals surface area contributed by atoms with Gasteiger partial charge in [0.05, 0.1) is 13.1 Å². The molecule has 2 saturated heterocycles. The van der Waals surface area contributed by atoms with Crippen molar-refractivity contribution in [1.82, 2.24) is 0 Å². The molecule has 22 nitrogen and oxygen atoms in total. The van der Waals surface area contributed by atoms with Gasteiger partial charge in [0, 0.05) is 58.3 Å². The maximum Gasteiger partial charge on any atom is 0.305 e. The van der Waals surface area contributed by atoms with Gasteiger partial charge in [0.1, 0.15) is 12.2 Å². The number of carbonyl (C=O) groups excluding carboxylic acids is 7. The van der Waals surface area contributed by atoms with Crippen LogP contribution in [0.25, 0.3) is 20.9 Å². The molecule has 2 aliphatic rings. The van der Waals surface area contributed by atoms with Crippen LogP contribution in [0.3, 0.4) is 0 Å². The first-order valence-electron chi connectivity index (χ1n) is 14.1. The predicted molar refractivity (Wildman–Crippen MR) is 159 cm³/mol. The summed E-state index contributed by atoms with van der Waals surface area (Å²) < 4.78 is 46.7. The number of ether oxygens (including phenoxy) is 9. The molecular weight excluding hydrogens is 732 g/mol. The van der Waals surface area contributed by atoms with Gasteiger partial charge in [-0.1, -0.05) is 26.2 Å². The fourth-order valence-corrected chi connectivity index (χ4v) is 5.17. The van der Waals surface area contributed by atoms with Crippen LogP contribution in [0.5, 0.6) is 0 Å². The predicted octanol–water partition coefficient (Wildman–Crippen LogP) is 1.59. The van der Waals surface area contributed by atoms with Crippen LogP contribution in [0.1, 0.15) is 48.5 Å². The Labute approximate surface area is 286 Å². The molecule has 23 heteroatoms. The lowest BCUT2D eigenvalue weighted by Gasteiger charge is -2.43. The van der Waals surface area contributed by atoms with E-state index in [2.05, 4.69) is 36.0 Å². The second kappa shape index (κ2) is 20.6. The SMILES string of the molecule is CC(=O)OC1C(Br)OC(CN=[N+]=[N-])C(OC(C)=O)C1OC(C)=O.CC(=O)OC1OC(CN=[N+]=[N-])C(OC(C)=O)C(OC(C)=O)C1OC(C)=O. The second-order valence-electron chi connectivity index (χ2n) is 9.95. The van der Waals surface area contributed by atoms with E-state index in [0.29, 0.717) is 0 Å². The highest BCUT2D eigenvalue weighted by Gasteiger charge is 2.53. The van der Waals surface area contributed by atoms with Crippen LogP contribution in [0, 0.1) is 0 Å². The molecule has 0 spiro atoms. The van der Waals surface area contributed by atoms with Gasteiger partial charge >= 0.3 is 41.8 Å². The Bertz CT molecular complexity index is 1310. The molecule has 2 fully saturated rings. The molecule has 0 bridgehead atoms. The van der Waals surface area contributed by atoms with Crippen molar-refractivity contribution < 1.29 is 76.2 Å². The number of azide groups is 2. The van der Waals surface area contributed by atoms with Gasteiger partial charge in [-0.3, -0.25) is 33.6 Å². The molecule has 0 aliphatic carbocycles. The van der Waals surface area contributed by atoms with Gasteiger partial charge < -0.3 is 42.6 Å². The summed E-state index contributed by atoms with van der Waals surface area (Å²) in [5, 5.41) is 5.88. The van der Waals surface area contributed by atoms with Crippen LogP contribution in [0.4, 0.5) is 0 Å². The van der Waals surface area contributed by atoms with Crippen molar-refractivity contribution in [2.75, 3.05) is 13.1 Å². The van der Waals surface area contributed by atoms with E-state index in [1.54, 1.807) is 0 Å². The minimum Gasteiger partial charge on any atom is -0.456 e. The van der Waals surface area contributed by atoms with Crippen LogP contribution in [-0.2, 0) is 76.2 Å². The first kappa shape index (κ1) is 42.3. The minimum atomic E-state index is -1.47. The van der Waals surface area contributed by atoms with Crippen molar-refractivity contribution in [1.29, 1.82) is 0 Å². The highest BCUT2D eigenvalue weighted by Crippen LogP contribution is 2.32. The Morgan fingerprint density at radius 2 is 0.816 bits per heavy atom. The molecule has 272 valence electrons. The molecule has 0 N–H and O–H groups in total. The maximum atomic E-state index is 11.5. The van der Waals surface area contributed by atoms with E-state index >= 15 is 0 Å². The number of carbonyl (C=O) groups is 7. The molecule has 0 aromatic rings. The van der Waals surface area contributed by atoms with Gasteiger partial charge in [0.25, 0.3) is 0 Å². The fourth-order valence-electron chi connectivity index (χ4n) is 4.48. The number of hydrogen-bond donors (Lipinski definition) is 0. The van der Waals surface area contributed by atoms with E-state index < -0.39 is 102 Å². The van der Waals surface area contributed by atoms with Crippen molar-refractivity contribution in [3.8, 4) is 0 Å². The molecule has 2 aliphatic heterocycles. The van der Waals surface area contributed by atoms with E-state index in [1.807, 2.05) is 0 Å². The monoisotopic (exact) mass is 766 g/mol. The van der Waals surface area contributed by atoms with Gasteiger partial charge in [-0.2, -0.15) is 0 Å². The normalized spacial score (nSPS) is 28.6. The lowest BCUT2D eigenvalue weighted by Crippen LogP contribution is -2.62. The number of alkyl halides is 1. The second-order valence-corrected chi connectivity index (χ2v) is 10.9. The van der Waals surface area contributed by atoms with Crippen molar-refractivity contribution in [3.05, 3.63) is 20.9 Å². The summed E-state index contributed by atoms with van der Waals surface area (Å²) in [6.45, 7) is 7.39. The highest BCUT2D eigenvalue weighted by molar-refractivity contribution is 9.09. The lowest BCUT2D eigenvalue weighted by atomic mass is 9.97. The molecular formula is C26H35BrN6O16. The van der Waals surface area contributed by atoms with Crippen molar-refractivity contribution >= 4 is 57.7 Å². The van der Waals surface area contributed by atoms with E-state index in [4.69, 9.17) is 53.7 Å². The molecule has 10 unspecified atom stereocenters. The third kappa shape index (κ3) is 14.5. The summed E-state index contributed by atoms with van der Waals surface area (Å²) in [6.07, 6.45) is -10.7. The Morgan fingerprint density at radius 1 is 0.510 bits per heavy atom. The standard InChI is InChI=1S/C14H19N3O9.C12H16BrN3O7/c1-6(18)22-11-10(5-16-17-15)26-14(25-9(4)21)13(24-8(3)20)12(11)23-7(2)19;1-5(17)20-9-8(4-15-16-14)23-12(13)11(22-7(3)19)10(9)21-6(2)18/h10-14H,5H2,1-4H3;8-12H,4H2,1-3H3. The largest absolute Gasteiger partial charge is 0.456 e. The van der Waals surface area contributed by atoms with Crippen LogP contribution in [-0.4, -0.2) is 115 Å². The first-order chi connectivity index (χ1) is 22.9. The van der Waals surface area contributed by atoms with Gasteiger partial charge in [0.2, 0.25) is 12.4 Å². The molecule has 0 amide bonds. The summed E-state index contributed by atoms with van der Waals surface area (Å²) in [6, 6.07) is 0. The van der Waals surface area contributed by atoms with E-state index in [-0.39, 0.29) is 13.1 Å². The van der Waals surface area contributed by atoms with Gasteiger partial charge in [-0.15, -0.1) is 0 Å². The molecule has 0 radical (unpaired) electrons. The van der Waals surface area contributed by atoms with Crippen LogP contribution in [0.15, 0.2) is 10.2 Å². The molecule has 0 aromatic carbocycles. The minimum absolute atomic E-state index is 0.166. The van der Waals surface area contributed by atoms with Gasteiger partial charge in [0.15, 0.2) is 35.5 Å². The third-order valence-corrected chi connectivity index (χ3v) is 6.65. The molecule has 2 heterocycles. The average Bonchev–Trinajstić information content (AvgIpc) is 2.96. The smallest absolute Gasteiger partial charge is 0.305 e. The van der Waals surface area contributed by atoms with E-state index in [9.17, 15) is 33.6 Å². The first-order valence-corrected chi connectivity index (χ1v) is 15.0.